The van der Waals surface area contributed by atoms with Gasteiger partial charge in [-0.2, -0.15) is 0 Å². The van der Waals surface area contributed by atoms with Crippen LogP contribution in [0.5, 0.6) is 0 Å². The predicted octanol–water partition coefficient (Wildman–Crippen LogP) is 0.640. The van der Waals surface area contributed by atoms with E-state index in [1.807, 2.05) is 0 Å². The normalized spacial score (nSPS) is 10.8. The predicted molar refractivity (Wildman–Crippen MR) is 80.8 cm³/mol. The largest absolute Gasteiger partial charge is 0.545 e. The molecule has 0 radical (unpaired) electrons. The number of benzene rings is 2. The summed E-state index contributed by atoms with van der Waals surface area (Å²) in [5, 5.41) is 11.6. The van der Waals surface area contributed by atoms with E-state index in [0.717, 1.165) is 0 Å². The molecule has 0 atom stereocenters. The summed E-state index contributed by atoms with van der Waals surface area (Å²) >= 11 is 0. The molecule has 0 fully saturated rings. The lowest BCUT2D eigenvalue weighted by Gasteiger charge is -2.15. The molecule has 0 saturated carbocycles. The van der Waals surface area contributed by atoms with Gasteiger partial charge in [0.2, 0.25) is 0 Å². The van der Waals surface area contributed by atoms with Crippen LogP contribution in [0, 0.1) is 6.92 Å². The summed E-state index contributed by atoms with van der Waals surface area (Å²) in [5.74, 6) is -0.967. The highest BCUT2D eigenvalue weighted by molar-refractivity contribution is 5.90. The third-order valence-corrected chi connectivity index (χ3v) is 3.42. The number of hydrogen-bond donors (Lipinski definition) is 1. The Bertz CT molecular complexity index is 960. The summed E-state index contributed by atoms with van der Waals surface area (Å²) < 4.78 is 1.26. The van der Waals surface area contributed by atoms with Gasteiger partial charge in [0, 0.05) is 11.3 Å². The Labute approximate surface area is 125 Å². The van der Waals surface area contributed by atoms with Crippen LogP contribution in [0.15, 0.2) is 47.3 Å². The molecule has 0 amide bonds. The third-order valence-electron chi connectivity index (χ3n) is 3.42. The lowest BCUT2D eigenvalue weighted by Crippen LogP contribution is -2.28. The van der Waals surface area contributed by atoms with Gasteiger partial charge in [-0.3, -0.25) is 9.36 Å². The molecule has 0 saturated heterocycles. The number of aryl methyl sites for hydroxylation is 1. The molecular weight excluding hydrogens is 282 g/mol. The van der Waals surface area contributed by atoms with Gasteiger partial charge in [-0.1, -0.05) is 18.2 Å². The number of carbonyl (C=O) groups excluding carboxylic acids is 1. The maximum absolute atomic E-state index is 12.7. The summed E-state index contributed by atoms with van der Waals surface area (Å²) in [5.41, 5.74) is 6.45. The van der Waals surface area contributed by atoms with Crippen LogP contribution in [0.1, 0.15) is 16.2 Å². The molecule has 0 spiro atoms. The Balaban J connectivity index is 2.42. The molecule has 1 heterocycles. The maximum Gasteiger partial charge on any atom is 0.266 e. The minimum absolute atomic E-state index is 0.0715. The second-order valence-corrected chi connectivity index (χ2v) is 4.88. The number of para-hydroxylation sites is 1. The van der Waals surface area contributed by atoms with Gasteiger partial charge in [0.05, 0.1) is 22.6 Å². The number of hydrogen-bond acceptors (Lipinski definition) is 5. The highest BCUT2D eigenvalue weighted by Gasteiger charge is 2.13. The number of rotatable bonds is 2. The second kappa shape index (κ2) is 5.00. The summed E-state index contributed by atoms with van der Waals surface area (Å²) in [4.78, 5) is 28.3. The number of nitrogens with zero attached hydrogens (tertiary/aromatic N) is 2. The molecule has 2 N–H and O–H groups in total. The van der Waals surface area contributed by atoms with Crippen molar-refractivity contribution in [2.24, 2.45) is 0 Å². The first-order chi connectivity index (χ1) is 10.5. The Morgan fingerprint density at radius 2 is 1.95 bits per heavy atom. The van der Waals surface area contributed by atoms with Crippen LogP contribution >= 0.6 is 0 Å². The number of fused-ring (bicyclic) bond motifs is 1. The molecule has 0 aliphatic rings. The SMILES string of the molecule is Cc1nc2ccc(N)cc2c(=O)n1-c1ccccc1C(=O)[O-]. The summed E-state index contributed by atoms with van der Waals surface area (Å²) in [7, 11) is 0. The fraction of sp³-hybridized carbons (Fsp3) is 0.0625. The summed E-state index contributed by atoms with van der Waals surface area (Å²) in [6.07, 6.45) is 0. The Morgan fingerprint density at radius 3 is 2.68 bits per heavy atom. The molecule has 6 nitrogen and oxygen atoms in total. The average Bonchev–Trinajstić information content (AvgIpc) is 2.48. The molecule has 6 heteroatoms. The Morgan fingerprint density at radius 1 is 1.23 bits per heavy atom. The molecule has 3 rings (SSSR count). The first-order valence-electron chi connectivity index (χ1n) is 6.58. The summed E-state index contributed by atoms with van der Waals surface area (Å²) in [6, 6.07) is 11.0. The minimum atomic E-state index is -1.35. The van der Waals surface area contributed by atoms with Crippen molar-refractivity contribution in [2.45, 2.75) is 6.92 Å². The third kappa shape index (κ3) is 2.10. The zero-order chi connectivity index (χ0) is 15.9. The molecule has 110 valence electrons. The van der Waals surface area contributed by atoms with Crippen molar-refractivity contribution >= 4 is 22.6 Å². The van der Waals surface area contributed by atoms with Crippen molar-refractivity contribution in [1.29, 1.82) is 0 Å². The molecule has 1 aromatic heterocycles. The lowest BCUT2D eigenvalue weighted by atomic mass is 10.1. The molecule has 0 bridgehead atoms. The topological polar surface area (TPSA) is 101 Å². The van der Waals surface area contributed by atoms with E-state index in [4.69, 9.17) is 5.73 Å². The van der Waals surface area contributed by atoms with Gasteiger partial charge >= 0.3 is 0 Å². The van der Waals surface area contributed by atoms with Gasteiger partial charge in [0.25, 0.3) is 5.56 Å². The molecule has 0 unspecified atom stereocenters. The molecule has 0 aliphatic heterocycles. The van der Waals surface area contributed by atoms with Gasteiger partial charge in [-0.15, -0.1) is 0 Å². The number of carboxylic acids is 1. The standard InChI is InChI=1S/C16H13N3O3/c1-9-18-13-7-6-10(17)8-12(13)15(20)19(9)14-5-3-2-4-11(14)16(21)22/h2-8H,17H2,1H3,(H,21,22)/p-1. The number of carboxylic acid groups (broad SMARTS) is 1. The van der Waals surface area contributed by atoms with Gasteiger partial charge in [0.15, 0.2) is 0 Å². The fourth-order valence-electron chi connectivity index (χ4n) is 2.44. The first kappa shape index (κ1) is 13.8. The zero-order valence-corrected chi connectivity index (χ0v) is 11.7. The Kier molecular flexibility index (Phi) is 3.14. The first-order valence-corrected chi connectivity index (χ1v) is 6.58. The molecule has 22 heavy (non-hydrogen) atoms. The van der Waals surface area contributed by atoms with Gasteiger partial charge < -0.3 is 15.6 Å². The number of aromatic nitrogens is 2. The highest BCUT2D eigenvalue weighted by atomic mass is 16.4. The Hall–Kier alpha value is -3.15. The van der Waals surface area contributed by atoms with Gasteiger partial charge in [-0.25, -0.2) is 4.98 Å². The van der Waals surface area contributed by atoms with Crippen LogP contribution in [0.2, 0.25) is 0 Å². The van der Waals surface area contributed by atoms with Gasteiger partial charge in [-0.05, 0) is 31.2 Å². The highest BCUT2D eigenvalue weighted by Crippen LogP contribution is 2.17. The maximum atomic E-state index is 12.7. The van der Waals surface area contributed by atoms with Crippen molar-refractivity contribution in [3.05, 3.63) is 64.2 Å². The van der Waals surface area contributed by atoms with Crippen LogP contribution in [-0.2, 0) is 0 Å². The van der Waals surface area contributed by atoms with Crippen molar-refractivity contribution in [3.63, 3.8) is 0 Å². The average molecular weight is 294 g/mol. The van der Waals surface area contributed by atoms with Crippen LogP contribution in [-0.4, -0.2) is 15.5 Å². The number of anilines is 1. The van der Waals surface area contributed by atoms with E-state index in [-0.39, 0.29) is 16.8 Å². The molecule has 3 aromatic rings. The smallest absolute Gasteiger partial charge is 0.266 e. The quantitative estimate of drug-likeness (QED) is 0.699. The second-order valence-electron chi connectivity index (χ2n) is 4.88. The number of aromatic carboxylic acids is 1. The fourth-order valence-corrected chi connectivity index (χ4v) is 2.44. The number of carbonyl (C=O) groups is 1. The van der Waals surface area contributed by atoms with E-state index in [0.29, 0.717) is 22.4 Å². The summed E-state index contributed by atoms with van der Waals surface area (Å²) in [6.45, 7) is 1.64. The van der Waals surface area contributed by atoms with E-state index in [9.17, 15) is 14.7 Å². The molecule has 0 aliphatic carbocycles. The monoisotopic (exact) mass is 294 g/mol. The lowest BCUT2D eigenvalue weighted by molar-refractivity contribution is -0.255. The van der Waals surface area contributed by atoms with Crippen LogP contribution in [0.25, 0.3) is 16.6 Å². The van der Waals surface area contributed by atoms with Gasteiger partial charge in [0.1, 0.15) is 5.82 Å². The number of nitrogens with two attached hydrogens (primary N) is 1. The minimum Gasteiger partial charge on any atom is -0.545 e. The van der Waals surface area contributed by atoms with Crippen LogP contribution in [0.4, 0.5) is 5.69 Å². The molecular formula is C16H12N3O3-. The zero-order valence-electron chi connectivity index (χ0n) is 11.7. The van der Waals surface area contributed by atoms with Crippen molar-refractivity contribution in [1.82, 2.24) is 9.55 Å². The van der Waals surface area contributed by atoms with Crippen LogP contribution in [0.3, 0.4) is 0 Å². The van der Waals surface area contributed by atoms with Crippen molar-refractivity contribution in [3.8, 4) is 5.69 Å². The number of nitrogen functional groups attached to an aromatic ring is 1. The van der Waals surface area contributed by atoms with E-state index in [2.05, 4.69) is 4.98 Å². The van der Waals surface area contributed by atoms with Crippen molar-refractivity contribution in [2.75, 3.05) is 5.73 Å². The molecule has 2 aromatic carbocycles. The van der Waals surface area contributed by atoms with E-state index in [1.165, 1.54) is 16.7 Å². The van der Waals surface area contributed by atoms with E-state index >= 15 is 0 Å². The van der Waals surface area contributed by atoms with E-state index in [1.54, 1.807) is 37.3 Å². The van der Waals surface area contributed by atoms with Crippen LogP contribution < -0.4 is 16.4 Å². The van der Waals surface area contributed by atoms with E-state index < -0.39 is 5.97 Å². The van der Waals surface area contributed by atoms with Crippen molar-refractivity contribution < 1.29 is 9.90 Å².